The summed E-state index contributed by atoms with van der Waals surface area (Å²) in [7, 11) is -4.44. The molecule has 28 heavy (non-hydrogen) atoms. The third kappa shape index (κ3) is 4.01. The van der Waals surface area contributed by atoms with Crippen LogP contribution in [0.3, 0.4) is 0 Å². The van der Waals surface area contributed by atoms with Crippen molar-refractivity contribution in [3.05, 3.63) is 58.2 Å². The molecular weight excluding hydrogens is 388 g/mol. The molecule has 0 radical (unpaired) electrons. The number of aliphatic imine (C=N–C) groups is 1. The van der Waals surface area contributed by atoms with Gasteiger partial charge in [-0.25, -0.2) is 8.42 Å². The number of nitro groups is 1. The Morgan fingerprint density at radius 2 is 2.11 bits per heavy atom. The van der Waals surface area contributed by atoms with E-state index in [9.17, 15) is 23.3 Å². The van der Waals surface area contributed by atoms with Crippen molar-refractivity contribution in [3.63, 3.8) is 0 Å². The van der Waals surface area contributed by atoms with Crippen LogP contribution in [0, 0.1) is 10.1 Å². The zero-order valence-corrected chi connectivity index (χ0v) is 16.2. The lowest BCUT2D eigenvalue weighted by atomic mass is 9.97. The predicted molar refractivity (Wildman–Crippen MR) is 102 cm³/mol. The first-order valence-corrected chi connectivity index (χ1v) is 9.60. The zero-order valence-electron chi connectivity index (χ0n) is 15.4. The first-order valence-electron chi connectivity index (χ1n) is 8.16. The Bertz CT molecular complexity index is 983. The standard InChI is InChI=1S/C17H20N4O6S/c1-4-9-27-21(14-10-19-16(17(18)22)12(3)11(14)2)28(25,26)15-8-6-5-7-13(15)20(23)24/h4-8,14H,1,9-10H2,2-3H3,(H2,18,22). The van der Waals surface area contributed by atoms with Crippen molar-refractivity contribution in [1.29, 1.82) is 0 Å². The van der Waals surface area contributed by atoms with E-state index >= 15 is 0 Å². The maximum absolute atomic E-state index is 13.2. The molecule has 1 aliphatic heterocycles. The molecule has 10 nitrogen and oxygen atoms in total. The van der Waals surface area contributed by atoms with E-state index in [1.54, 1.807) is 13.8 Å². The molecule has 1 atom stereocenters. The Balaban J connectivity index is 2.58. The zero-order chi connectivity index (χ0) is 21.1. The Hall–Kier alpha value is -2.89. The fourth-order valence-electron chi connectivity index (χ4n) is 2.73. The van der Waals surface area contributed by atoms with Gasteiger partial charge < -0.3 is 5.73 Å². The number of para-hydroxylation sites is 1. The van der Waals surface area contributed by atoms with Gasteiger partial charge in [-0.05, 0) is 31.1 Å². The van der Waals surface area contributed by atoms with E-state index in [1.807, 2.05) is 0 Å². The van der Waals surface area contributed by atoms with E-state index in [2.05, 4.69) is 11.6 Å². The topological polar surface area (TPSA) is 145 Å². The molecule has 2 N–H and O–H groups in total. The number of carbonyl (C=O) groups excluding carboxylic acids is 1. The minimum atomic E-state index is -4.44. The average molecular weight is 408 g/mol. The molecule has 1 unspecified atom stereocenters. The summed E-state index contributed by atoms with van der Waals surface area (Å²) < 4.78 is 27.1. The summed E-state index contributed by atoms with van der Waals surface area (Å²) in [6, 6.07) is 4.06. The van der Waals surface area contributed by atoms with Gasteiger partial charge in [-0.1, -0.05) is 22.7 Å². The minimum Gasteiger partial charge on any atom is -0.364 e. The van der Waals surface area contributed by atoms with Gasteiger partial charge >= 0.3 is 0 Å². The number of dihydropyridines is 1. The smallest absolute Gasteiger partial charge is 0.289 e. The molecule has 11 heteroatoms. The maximum atomic E-state index is 13.2. The lowest BCUT2D eigenvalue weighted by Crippen LogP contribution is -2.46. The second-order valence-corrected chi connectivity index (χ2v) is 7.70. The highest BCUT2D eigenvalue weighted by atomic mass is 32.2. The normalized spacial score (nSPS) is 17.4. The lowest BCUT2D eigenvalue weighted by Gasteiger charge is -2.32. The van der Waals surface area contributed by atoms with E-state index in [0.29, 0.717) is 15.6 Å². The number of hydrogen-bond acceptors (Lipinski definition) is 7. The van der Waals surface area contributed by atoms with Gasteiger partial charge in [-0.3, -0.25) is 24.7 Å². The van der Waals surface area contributed by atoms with Gasteiger partial charge in [0.15, 0.2) is 4.90 Å². The van der Waals surface area contributed by atoms with Crippen molar-refractivity contribution in [2.24, 2.45) is 10.7 Å². The second kappa shape index (κ2) is 8.42. The van der Waals surface area contributed by atoms with E-state index in [1.165, 1.54) is 18.2 Å². The largest absolute Gasteiger partial charge is 0.364 e. The third-order valence-electron chi connectivity index (χ3n) is 4.25. The molecule has 0 bridgehead atoms. The number of hydroxylamine groups is 1. The second-order valence-electron chi connectivity index (χ2n) is 5.95. The molecule has 0 aromatic heterocycles. The van der Waals surface area contributed by atoms with Crippen LogP contribution in [0.25, 0.3) is 0 Å². The number of benzene rings is 1. The van der Waals surface area contributed by atoms with Gasteiger partial charge in [0, 0.05) is 6.07 Å². The van der Waals surface area contributed by atoms with E-state index in [-0.39, 0.29) is 18.9 Å². The molecule has 0 fully saturated rings. The van der Waals surface area contributed by atoms with Crippen molar-refractivity contribution < 1.29 is 23.0 Å². The lowest BCUT2D eigenvalue weighted by molar-refractivity contribution is -0.387. The highest BCUT2D eigenvalue weighted by Gasteiger charge is 2.39. The van der Waals surface area contributed by atoms with Crippen molar-refractivity contribution in [3.8, 4) is 0 Å². The quantitative estimate of drug-likeness (QED) is 0.390. The summed E-state index contributed by atoms with van der Waals surface area (Å²) in [6.45, 7) is 6.42. The molecule has 2 rings (SSSR count). The van der Waals surface area contributed by atoms with Crippen molar-refractivity contribution in [1.82, 2.24) is 4.47 Å². The number of sulfonamides is 1. The monoisotopic (exact) mass is 408 g/mol. The minimum absolute atomic E-state index is 0.0560. The number of nitro benzene ring substituents is 1. The first-order chi connectivity index (χ1) is 13.1. The van der Waals surface area contributed by atoms with Gasteiger partial charge in [-0.2, -0.15) is 0 Å². The van der Waals surface area contributed by atoms with Crippen LogP contribution in [0.4, 0.5) is 5.69 Å². The number of amides is 1. The van der Waals surface area contributed by atoms with Crippen LogP contribution in [-0.4, -0.2) is 48.6 Å². The van der Waals surface area contributed by atoms with Crippen molar-refractivity contribution in [2.75, 3.05) is 13.2 Å². The average Bonchev–Trinajstić information content (AvgIpc) is 2.64. The number of carbonyl (C=O) groups is 1. The molecule has 0 saturated carbocycles. The number of nitrogens with zero attached hydrogens (tertiary/aromatic N) is 3. The fraction of sp³-hybridized carbons (Fsp3) is 0.294. The third-order valence-corrected chi connectivity index (χ3v) is 5.99. The molecule has 1 aliphatic rings. The maximum Gasteiger partial charge on any atom is 0.289 e. The van der Waals surface area contributed by atoms with Crippen LogP contribution in [-0.2, 0) is 19.7 Å². The van der Waals surface area contributed by atoms with E-state index in [0.717, 1.165) is 12.1 Å². The van der Waals surface area contributed by atoms with Crippen LogP contribution in [0.5, 0.6) is 0 Å². The molecule has 1 amide bonds. The number of primary amides is 1. The Kier molecular flexibility index (Phi) is 6.44. The van der Waals surface area contributed by atoms with Crippen molar-refractivity contribution >= 4 is 27.3 Å². The molecule has 0 spiro atoms. The van der Waals surface area contributed by atoms with Gasteiger partial charge in [0.1, 0.15) is 5.71 Å². The molecule has 0 saturated heterocycles. The van der Waals surface area contributed by atoms with Gasteiger partial charge in [0.25, 0.3) is 21.6 Å². The number of hydrogen-bond donors (Lipinski definition) is 1. The molecule has 1 aromatic carbocycles. The first kappa shape index (κ1) is 21.4. The van der Waals surface area contributed by atoms with Gasteiger partial charge in [0.05, 0.1) is 24.1 Å². The number of nitrogens with two attached hydrogens (primary N) is 1. The molecule has 1 aromatic rings. The van der Waals surface area contributed by atoms with Crippen molar-refractivity contribution in [2.45, 2.75) is 24.8 Å². The Morgan fingerprint density at radius 1 is 1.46 bits per heavy atom. The van der Waals surface area contributed by atoms with Crippen LogP contribution >= 0.6 is 0 Å². The summed E-state index contributed by atoms with van der Waals surface area (Å²) in [5.41, 5.74) is 5.69. The Labute approximate surface area is 162 Å². The van der Waals surface area contributed by atoms with Crippen LogP contribution in [0.2, 0.25) is 0 Å². The highest BCUT2D eigenvalue weighted by molar-refractivity contribution is 7.89. The SMILES string of the molecule is C=CCON(C1CN=C(C(N)=O)C(C)=C1C)S(=O)(=O)c1ccccc1[N+](=O)[O-]. The molecular formula is C17H20N4O6S. The van der Waals surface area contributed by atoms with Crippen LogP contribution < -0.4 is 5.73 Å². The fourth-order valence-corrected chi connectivity index (χ4v) is 4.34. The van der Waals surface area contributed by atoms with Gasteiger partial charge in [0.2, 0.25) is 0 Å². The predicted octanol–water partition coefficient (Wildman–Crippen LogP) is 1.35. The molecule has 1 heterocycles. The summed E-state index contributed by atoms with van der Waals surface area (Å²) >= 11 is 0. The van der Waals surface area contributed by atoms with Crippen LogP contribution in [0.15, 0.2) is 58.0 Å². The molecule has 0 aliphatic carbocycles. The summed E-state index contributed by atoms with van der Waals surface area (Å²) in [6.07, 6.45) is 1.34. The summed E-state index contributed by atoms with van der Waals surface area (Å²) in [5.74, 6) is -0.726. The Morgan fingerprint density at radius 3 is 2.68 bits per heavy atom. The van der Waals surface area contributed by atoms with Crippen LogP contribution in [0.1, 0.15) is 13.8 Å². The summed E-state index contributed by atoms with van der Waals surface area (Å²) in [4.78, 5) is 31.0. The number of rotatable bonds is 8. The molecule has 150 valence electrons. The van der Waals surface area contributed by atoms with E-state index in [4.69, 9.17) is 10.6 Å². The van der Waals surface area contributed by atoms with E-state index < -0.39 is 37.5 Å². The highest BCUT2D eigenvalue weighted by Crippen LogP contribution is 2.31. The summed E-state index contributed by atoms with van der Waals surface area (Å²) in [5, 5.41) is 11.3. The van der Waals surface area contributed by atoms with Gasteiger partial charge in [-0.15, -0.1) is 6.58 Å².